The normalized spacial score (nSPS) is 17.3. The van der Waals surface area contributed by atoms with Gasteiger partial charge in [0.25, 0.3) is 11.1 Å². The van der Waals surface area contributed by atoms with E-state index >= 15 is 0 Å². The molecule has 0 aromatic heterocycles. The van der Waals surface area contributed by atoms with E-state index in [0.29, 0.717) is 15.5 Å². The van der Waals surface area contributed by atoms with Gasteiger partial charge in [0.1, 0.15) is 6.54 Å². The Hall–Kier alpha value is -1.79. The molecule has 2 rings (SSSR count). The average Bonchev–Trinajstić information content (AvgIpc) is 2.60. The first kappa shape index (κ1) is 13.6. The van der Waals surface area contributed by atoms with Crippen LogP contribution in [-0.2, 0) is 9.59 Å². The number of carbonyl (C=O) groups is 3. The fourth-order valence-corrected chi connectivity index (χ4v) is 2.45. The summed E-state index contributed by atoms with van der Waals surface area (Å²) in [5.41, 5.74) is 0.713. The Kier molecular flexibility index (Phi) is 3.92. The molecular formula is C12H8ClNO4S. The maximum Gasteiger partial charge on any atom is 0.323 e. The van der Waals surface area contributed by atoms with Gasteiger partial charge in [-0.05, 0) is 35.5 Å². The van der Waals surface area contributed by atoms with Gasteiger partial charge in [-0.3, -0.25) is 19.3 Å². The Bertz CT molecular complexity index is 582. The summed E-state index contributed by atoms with van der Waals surface area (Å²) < 4.78 is 0. The van der Waals surface area contributed by atoms with Gasteiger partial charge in [0, 0.05) is 5.02 Å². The first-order valence-corrected chi connectivity index (χ1v) is 6.39. The molecule has 0 saturated carbocycles. The lowest BCUT2D eigenvalue weighted by Gasteiger charge is -2.07. The molecule has 1 saturated heterocycles. The average molecular weight is 298 g/mol. The van der Waals surface area contributed by atoms with E-state index in [0.717, 1.165) is 11.8 Å². The fraction of sp³-hybridized carbons (Fsp3) is 0.0833. The van der Waals surface area contributed by atoms with Gasteiger partial charge in [0.2, 0.25) is 0 Å². The van der Waals surface area contributed by atoms with Crippen LogP contribution in [0.4, 0.5) is 4.79 Å². The number of imide groups is 1. The zero-order chi connectivity index (χ0) is 14.0. The van der Waals surface area contributed by atoms with E-state index in [1.807, 2.05) is 0 Å². The number of carboxylic acids is 1. The molecule has 0 unspecified atom stereocenters. The van der Waals surface area contributed by atoms with Gasteiger partial charge >= 0.3 is 5.97 Å². The number of aliphatic carboxylic acids is 1. The maximum atomic E-state index is 11.8. The van der Waals surface area contributed by atoms with Gasteiger partial charge < -0.3 is 5.11 Å². The van der Waals surface area contributed by atoms with Crippen LogP contribution in [0.3, 0.4) is 0 Å². The van der Waals surface area contributed by atoms with Crippen LogP contribution in [0.2, 0.25) is 5.02 Å². The molecule has 1 aromatic rings. The van der Waals surface area contributed by atoms with Crippen LogP contribution < -0.4 is 0 Å². The van der Waals surface area contributed by atoms with Crippen molar-refractivity contribution in [2.45, 2.75) is 0 Å². The highest BCUT2D eigenvalue weighted by Crippen LogP contribution is 2.32. The van der Waals surface area contributed by atoms with E-state index in [1.54, 1.807) is 24.3 Å². The Morgan fingerprint density at radius 3 is 2.53 bits per heavy atom. The Morgan fingerprint density at radius 2 is 1.95 bits per heavy atom. The van der Waals surface area contributed by atoms with Crippen LogP contribution >= 0.6 is 23.4 Å². The zero-order valence-electron chi connectivity index (χ0n) is 9.50. The standard InChI is InChI=1S/C12H8ClNO4S/c13-8-3-1-7(2-4-8)5-9-11(17)14(6-10(15)16)12(18)19-9/h1-5H,6H2,(H,15,16)/b9-5+. The van der Waals surface area contributed by atoms with E-state index in [4.69, 9.17) is 16.7 Å². The maximum absolute atomic E-state index is 11.8. The molecule has 2 amide bonds. The van der Waals surface area contributed by atoms with Crippen molar-refractivity contribution in [3.63, 3.8) is 0 Å². The molecule has 98 valence electrons. The molecule has 7 heteroatoms. The number of halogens is 1. The van der Waals surface area contributed by atoms with Gasteiger partial charge in [-0.2, -0.15) is 0 Å². The van der Waals surface area contributed by atoms with Crippen molar-refractivity contribution in [3.8, 4) is 0 Å². The fourth-order valence-electron chi connectivity index (χ4n) is 1.48. The molecule has 0 spiro atoms. The Morgan fingerprint density at radius 1 is 1.32 bits per heavy atom. The van der Waals surface area contributed by atoms with Crippen molar-refractivity contribution in [1.82, 2.24) is 4.90 Å². The molecule has 0 bridgehead atoms. The number of carbonyl (C=O) groups excluding carboxylic acids is 2. The smallest absolute Gasteiger partial charge is 0.323 e. The summed E-state index contributed by atoms with van der Waals surface area (Å²) in [5.74, 6) is -1.82. The molecule has 0 radical (unpaired) electrons. The minimum Gasteiger partial charge on any atom is -0.480 e. The summed E-state index contributed by atoms with van der Waals surface area (Å²) in [6, 6.07) is 6.73. The van der Waals surface area contributed by atoms with Crippen molar-refractivity contribution < 1.29 is 19.5 Å². The van der Waals surface area contributed by atoms with E-state index in [9.17, 15) is 14.4 Å². The van der Waals surface area contributed by atoms with E-state index in [-0.39, 0.29) is 4.91 Å². The number of rotatable bonds is 3. The third kappa shape index (κ3) is 3.15. The first-order chi connectivity index (χ1) is 8.97. The lowest BCUT2D eigenvalue weighted by molar-refractivity contribution is -0.140. The summed E-state index contributed by atoms with van der Waals surface area (Å²) >= 11 is 6.47. The van der Waals surface area contributed by atoms with Crippen LogP contribution in [0.15, 0.2) is 29.2 Å². The minimum atomic E-state index is -1.23. The predicted molar refractivity (Wildman–Crippen MR) is 71.8 cm³/mol. The van der Waals surface area contributed by atoms with E-state index in [2.05, 4.69) is 0 Å². The molecule has 1 fully saturated rings. The minimum absolute atomic E-state index is 0.202. The van der Waals surface area contributed by atoms with E-state index in [1.165, 1.54) is 6.08 Å². The van der Waals surface area contributed by atoms with Crippen molar-refractivity contribution in [1.29, 1.82) is 0 Å². The summed E-state index contributed by atoms with van der Waals surface area (Å²) in [5, 5.41) is 8.62. The number of hydrogen-bond donors (Lipinski definition) is 1. The molecule has 5 nitrogen and oxygen atoms in total. The number of benzene rings is 1. The molecule has 1 aromatic carbocycles. The Balaban J connectivity index is 2.23. The molecule has 0 aliphatic carbocycles. The van der Waals surface area contributed by atoms with Gasteiger partial charge in [0.05, 0.1) is 4.91 Å². The molecule has 1 heterocycles. The summed E-state index contributed by atoms with van der Waals surface area (Å²) in [4.78, 5) is 34.8. The third-order valence-electron chi connectivity index (χ3n) is 2.33. The number of thioether (sulfide) groups is 1. The second-order valence-corrected chi connectivity index (χ2v) is 5.14. The van der Waals surface area contributed by atoms with Crippen molar-refractivity contribution in [3.05, 3.63) is 39.8 Å². The lowest BCUT2D eigenvalue weighted by Crippen LogP contribution is -2.33. The van der Waals surface area contributed by atoms with Crippen LogP contribution in [0.25, 0.3) is 6.08 Å². The molecular weight excluding hydrogens is 290 g/mol. The number of amides is 2. The monoisotopic (exact) mass is 297 g/mol. The van der Waals surface area contributed by atoms with Crippen molar-refractivity contribution in [2.75, 3.05) is 6.54 Å². The lowest BCUT2D eigenvalue weighted by atomic mass is 10.2. The second kappa shape index (κ2) is 5.46. The van der Waals surface area contributed by atoms with Gasteiger partial charge in [-0.15, -0.1) is 0 Å². The molecule has 1 aliphatic heterocycles. The summed E-state index contributed by atoms with van der Waals surface area (Å²) in [7, 11) is 0. The van der Waals surface area contributed by atoms with Gasteiger partial charge in [0.15, 0.2) is 0 Å². The van der Waals surface area contributed by atoms with Crippen molar-refractivity contribution in [2.24, 2.45) is 0 Å². The molecule has 1 N–H and O–H groups in total. The van der Waals surface area contributed by atoms with Gasteiger partial charge in [-0.25, -0.2) is 0 Å². The molecule has 19 heavy (non-hydrogen) atoms. The number of nitrogens with zero attached hydrogens (tertiary/aromatic N) is 1. The van der Waals surface area contributed by atoms with E-state index < -0.39 is 23.7 Å². The highest BCUT2D eigenvalue weighted by atomic mass is 35.5. The van der Waals surface area contributed by atoms with Crippen molar-refractivity contribution >= 4 is 46.6 Å². The Labute approximate surface area is 117 Å². The van der Waals surface area contributed by atoms with Crippen LogP contribution in [0.1, 0.15) is 5.56 Å². The third-order valence-corrected chi connectivity index (χ3v) is 3.49. The zero-order valence-corrected chi connectivity index (χ0v) is 11.1. The first-order valence-electron chi connectivity index (χ1n) is 5.20. The SMILES string of the molecule is O=C(O)CN1C(=O)S/C(=C/c2ccc(Cl)cc2)C1=O. The largest absolute Gasteiger partial charge is 0.480 e. The number of carboxylic acid groups (broad SMARTS) is 1. The number of hydrogen-bond acceptors (Lipinski definition) is 4. The van der Waals surface area contributed by atoms with Crippen LogP contribution in [0.5, 0.6) is 0 Å². The second-order valence-electron chi connectivity index (χ2n) is 3.71. The van der Waals surface area contributed by atoms with Crippen LogP contribution in [-0.4, -0.2) is 33.7 Å². The predicted octanol–water partition coefficient (Wildman–Crippen LogP) is 2.46. The highest BCUT2D eigenvalue weighted by molar-refractivity contribution is 8.18. The van der Waals surface area contributed by atoms with Gasteiger partial charge in [-0.1, -0.05) is 23.7 Å². The molecule has 0 atom stereocenters. The van der Waals surface area contributed by atoms with Crippen LogP contribution in [0, 0.1) is 0 Å². The molecule has 1 aliphatic rings. The summed E-state index contributed by atoms with van der Waals surface area (Å²) in [6.07, 6.45) is 1.53. The summed E-state index contributed by atoms with van der Waals surface area (Å²) in [6.45, 7) is -0.622. The topological polar surface area (TPSA) is 74.7 Å². The quantitative estimate of drug-likeness (QED) is 0.867. The highest BCUT2D eigenvalue weighted by Gasteiger charge is 2.36.